The van der Waals surface area contributed by atoms with E-state index in [0.29, 0.717) is 24.4 Å². The average Bonchev–Trinajstić information content (AvgIpc) is 3.32. The Hall–Kier alpha value is -2.58. The van der Waals surface area contributed by atoms with Crippen molar-refractivity contribution in [2.24, 2.45) is 51.8 Å². The van der Waals surface area contributed by atoms with Gasteiger partial charge in [-0.15, -0.1) is 0 Å². The van der Waals surface area contributed by atoms with Gasteiger partial charge >= 0.3 is 0 Å². The van der Waals surface area contributed by atoms with Gasteiger partial charge < -0.3 is 24.7 Å². The van der Waals surface area contributed by atoms with Crippen molar-refractivity contribution in [2.45, 2.75) is 84.7 Å². The summed E-state index contributed by atoms with van der Waals surface area (Å²) in [5, 5.41) is 14.7. The Bertz CT molecular complexity index is 1290. The number of aliphatic hydroxyl groups excluding tert-OH is 1. The molecule has 222 valence electrons. The predicted octanol–water partition coefficient (Wildman–Crippen LogP) is 3.52. The number of Topliss-reactive ketones (excluding diaryl/α,β-unsaturated/α-hetero) is 2. The van der Waals surface area contributed by atoms with E-state index in [0.717, 1.165) is 18.4 Å². The molecule has 7 rings (SSSR count). The predicted molar refractivity (Wildman–Crippen MR) is 150 cm³/mol. The van der Waals surface area contributed by atoms with Crippen molar-refractivity contribution in [2.75, 3.05) is 7.11 Å². The second kappa shape index (κ2) is 9.21. The molecule has 1 saturated heterocycles. The van der Waals surface area contributed by atoms with E-state index in [1.807, 2.05) is 24.3 Å². The van der Waals surface area contributed by atoms with Crippen LogP contribution in [0.25, 0.3) is 0 Å². The van der Waals surface area contributed by atoms with E-state index in [9.17, 15) is 19.5 Å². The third-order valence-electron chi connectivity index (χ3n) is 12.0. The van der Waals surface area contributed by atoms with E-state index in [1.165, 1.54) is 7.11 Å². The maximum absolute atomic E-state index is 15.0. The van der Waals surface area contributed by atoms with Crippen LogP contribution in [0.3, 0.4) is 0 Å². The number of carbonyl (C=O) groups is 4. The van der Waals surface area contributed by atoms with E-state index in [2.05, 4.69) is 26.1 Å². The molecule has 8 nitrogen and oxygen atoms in total. The van der Waals surface area contributed by atoms with Gasteiger partial charge in [0.25, 0.3) is 0 Å². The van der Waals surface area contributed by atoms with Gasteiger partial charge in [0, 0.05) is 43.6 Å². The zero-order valence-corrected chi connectivity index (χ0v) is 24.9. The number of aliphatic hydroxyl groups is 1. The summed E-state index contributed by atoms with van der Waals surface area (Å²) in [6.45, 7) is 9.74. The number of ether oxygens (including phenoxy) is 2. The minimum absolute atomic E-state index is 0.0372. The molecule has 1 spiro atoms. The molecule has 0 radical (unpaired) electrons. The zero-order chi connectivity index (χ0) is 29.7. The summed E-state index contributed by atoms with van der Waals surface area (Å²) in [7, 11) is 1.51. The fourth-order valence-corrected chi connectivity index (χ4v) is 10.5. The first kappa shape index (κ1) is 28.5. The first-order valence-electron chi connectivity index (χ1n) is 15.1. The maximum atomic E-state index is 15.0. The smallest absolute Gasteiger partial charge is 0.236 e. The van der Waals surface area contributed by atoms with Gasteiger partial charge in [0.1, 0.15) is 35.1 Å². The minimum Gasteiger partial charge on any atom is -0.490 e. The molecule has 1 aromatic rings. The Morgan fingerprint density at radius 2 is 1.83 bits per heavy atom. The van der Waals surface area contributed by atoms with Crippen molar-refractivity contribution in [1.29, 1.82) is 0 Å². The van der Waals surface area contributed by atoms with Crippen LogP contribution in [-0.2, 0) is 30.3 Å². The van der Waals surface area contributed by atoms with Gasteiger partial charge in [-0.3, -0.25) is 14.4 Å². The van der Waals surface area contributed by atoms with Crippen LogP contribution in [0.15, 0.2) is 24.3 Å². The number of hydrogen-bond donors (Lipinski definition) is 2. The van der Waals surface area contributed by atoms with Crippen LogP contribution in [-0.4, -0.2) is 53.9 Å². The average molecular weight is 566 g/mol. The molecule has 3 heterocycles. The van der Waals surface area contributed by atoms with Crippen molar-refractivity contribution < 1.29 is 33.8 Å². The zero-order valence-electron chi connectivity index (χ0n) is 24.9. The molecule has 41 heavy (non-hydrogen) atoms. The number of carbonyl (C=O) groups excluding carboxylic acids is 4. The molecule has 0 unspecified atom stereocenters. The fourth-order valence-electron chi connectivity index (χ4n) is 10.5. The fraction of sp³-hybridized carbons (Fsp3) is 0.697. The number of nitrogens with one attached hydrogen (secondary N) is 1. The van der Waals surface area contributed by atoms with Gasteiger partial charge in [-0.1, -0.05) is 32.9 Å². The van der Waals surface area contributed by atoms with Crippen molar-refractivity contribution in [1.82, 2.24) is 5.32 Å². The number of methoxy groups -OCH3 is 1. The molecule has 12 atom stereocenters. The van der Waals surface area contributed by atoms with Crippen LogP contribution in [0.2, 0.25) is 0 Å². The van der Waals surface area contributed by atoms with Crippen molar-refractivity contribution in [3.63, 3.8) is 0 Å². The summed E-state index contributed by atoms with van der Waals surface area (Å²) in [4.78, 5) is 55.7. The summed E-state index contributed by atoms with van der Waals surface area (Å²) in [5.41, 5.74) is -3.81. The van der Waals surface area contributed by atoms with E-state index >= 15 is 4.79 Å². The second-order valence-corrected chi connectivity index (χ2v) is 14.6. The van der Waals surface area contributed by atoms with E-state index in [4.69, 9.17) is 9.47 Å². The number of amides is 1. The van der Waals surface area contributed by atoms with Crippen molar-refractivity contribution >= 4 is 23.8 Å². The molecule has 3 aliphatic carbocycles. The molecule has 1 aromatic carbocycles. The van der Waals surface area contributed by atoms with E-state index in [-0.39, 0.29) is 36.2 Å². The lowest BCUT2D eigenvalue weighted by molar-refractivity contribution is -0.173. The van der Waals surface area contributed by atoms with Gasteiger partial charge in [0.2, 0.25) is 5.91 Å². The molecule has 3 saturated carbocycles. The number of hydrogen-bond acceptors (Lipinski definition) is 7. The summed E-state index contributed by atoms with van der Waals surface area (Å²) in [6, 6.07) is 7.69. The molecule has 8 heteroatoms. The van der Waals surface area contributed by atoms with Crippen LogP contribution in [0, 0.1) is 51.8 Å². The Balaban J connectivity index is 1.64. The first-order chi connectivity index (χ1) is 19.2. The largest absolute Gasteiger partial charge is 0.490 e. The Morgan fingerprint density at radius 1 is 1.15 bits per heavy atom. The number of benzene rings is 1. The summed E-state index contributed by atoms with van der Waals surface area (Å²) >= 11 is 0. The van der Waals surface area contributed by atoms with E-state index in [1.54, 1.807) is 13.8 Å². The molecular weight excluding hydrogens is 522 g/mol. The standard InChI is InChI=1S/C33H43NO7/c1-17-11-18(2)24-27-23(25(19(3)36)30(24,4)12-17)26-28(38)32(14-22(37)31(26,5)16-35)15-33(40-6,34-29(32)39)13-20-7-9-21(41-27)10-8-20/h7-10,16-18,22-27,37H,11-15H2,1-6H3,(H,34,39)/t17-,18+,22-,23+,24+,25-,26+,27+,30-,31+,32+,33+/m1/s1. The van der Waals surface area contributed by atoms with E-state index < -0.39 is 57.8 Å². The Kier molecular flexibility index (Phi) is 6.41. The van der Waals surface area contributed by atoms with Gasteiger partial charge in [0.15, 0.2) is 5.78 Å². The third-order valence-corrected chi connectivity index (χ3v) is 12.0. The molecule has 1 amide bonds. The molecule has 6 aliphatic rings. The van der Waals surface area contributed by atoms with Gasteiger partial charge in [-0.05, 0) is 68.1 Å². The van der Waals surface area contributed by atoms with Crippen molar-refractivity contribution in [3.8, 4) is 5.75 Å². The van der Waals surface area contributed by atoms with Crippen molar-refractivity contribution in [3.05, 3.63) is 29.8 Å². The summed E-state index contributed by atoms with van der Waals surface area (Å²) in [5.74, 6) is -2.15. The minimum atomic E-state index is -1.59. The first-order valence-corrected chi connectivity index (χ1v) is 15.1. The number of aldehydes is 1. The van der Waals surface area contributed by atoms with Gasteiger partial charge in [0.05, 0.1) is 11.5 Å². The highest BCUT2D eigenvalue weighted by molar-refractivity contribution is 6.11. The molecule has 4 fully saturated rings. The summed E-state index contributed by atoms with van der Waals surface area (Å²) in [6.07, 6.45) is 0.802. The van der Waals surface area contributed by atoms with Crippen LogP contribution < -0.4 is 10.1 Å². The second-order valence-electron chi connectivity index (χ2n) is 14.6. The molecule has 0 aromatic heterocycles. The lowest BCUT2D eigenvalue weighted by Crippen LogP contribution is -2.63. The molecule has 5 bridgehead atoms. The van der Waals surface area contributed by atoms with Crippen LogP contribution >= 0.6 is 0 Å². The van der Waals surface area contributed by atoms with Crippen LogP contribution in [0.4, 0.5) is 0 Å². The van der Waals surface area contributed by atoms with Gasteiger partial charge in [-0.2, -0.15) is 0 Å². The molecular formula is C33H43NO7. The quantitative estimate of drug-likeness (QED) is 0.425. The highest BCUT2D eigenvalue weighted by atomic mass is 16.5. The number of ketones is 2. The lowest BCUT2D eigenvalue weighted by Gasteiger charge is -2.51. The third kappa shape index (κ3) is 3.78. The lowest BCUT2D eigenvalue weighted by atomic mass is 9.50. The van der Waals surface area contributed by atoms with Crippen LogP contribution in [0.1, 0.15) is 65.9 Å². The normalized spacial score (nSPS) is 48.6. The molecule has 2 N–H and O–H groups in total. The highest BCUT2D eigenvalue weighted by Crippen LogP contribution is 2.67. The Morgan fingerprint density at radius 3 is 2.44 bits per heavy atom. The van der Waals surface area contributed by atoms with Crippen LogP contribution in [0.5, 0.6) is 5.75 Å². The van der Waals surface area contributed by atoms with Gasteiger partial charge in [-0.25, -0.2) is 0 Å². The Labute approximate surface area is 241 Å². The highest BCUT2D eigenvalue weighted by Gasteiger charge is 2.73. The summed E-state index contributed by atoms with van der Waals surface area (Å²) < 4.78 is 12.8. The number of fused-ring (bicyclic) bond motifs is 3. The molecule has 3 aliphatic heterocycles. The monoisotopic (exact) mass is 565 g/mol. The SMILES string of the molecule is CO[C@@]12Cc3ccc(cc3)O[C@H]3[C@H]([C@H]4C(=O)[C@](C[C@@H](O)[C@]4(C)C=O)(C1)C(=O)N2)[C@@H](C(C)=O)[C@]1(C)C[C@H](C)C[C@H](C)[C@@H]31. The number of rotatable bonds is 3. The maximum Gasteiger partial charge on any atom is 0.236 e. The topological polar surface area (TPSA) is 119 Å².